The third-order valence-electron chi connectivity index (χ3n) is 2.40. The molecule has 1 rings (SSSR count). The Hall–Kier alpha value is -1.12. The predicted molar refractivity (Wildman–Crippen MR) is 64.8 cm³/mol. The number of hydrogen-bond acceptors (Lipinski definition) is 3. The van der Waals surface area contributed by atoms with E-state index in [0.29, 0.717) is 10.0 Å². The van der Waals surface area contributed by atoms with Crippen molar-refractivity contribution in [1.82, 2.24) is 5.32 Å². The van der Waals surface area contributed by atoms with Gasteiger partial charge >= 0.3 is 5.97 Å². The maximum absolute atomic E-state index is 12.5. The van der Waals surface area contributed by atoms with Gasteiger partial charge in [0.25, 0.3) is 6.43 Å². The van der Waals surface area contributed by atoms with Gasteiger partial charge in [-0.1, -0.05) is 22.0 Å². The molecule has 3 N–H and O–H groups in total. The molecule has 2 atom stereocenters. The third kappa shape index (κ3) is 4.48. The number of carboxylic acids is 1. The normalized spacial score (nSPS) is 14.4. The van der Waals surface area contributed by atoms with Crippen LogP contribution in [0, 0.1) is 0 Å². The fourth-order valence-corrected chi connectivity index (χ4v) is 1.88. The molecule has 1 aromatic carbocycles. The van der Waals surface area contributed by atoms with Gasteiger partial charge in [-0.25, -0.2) is 18.0 Å². The summed E-state index contributed by atoms with van der Waals surface area (Å²) in [5, 5.41) is 19.5. The lowest BCUT2D eigenvalue weighted by Gasteiger charge is -2.18. The van der Waals surface area contributed by atoms with Crippen LogP contribution < -0.4 is 5.32 Å². The van der Waals surface area contributed by atoms with Crippen LogP contribution in [0.15, 0.2) is 22.7 Å². The molecule has 0 heterocycles. The molecule has 0 aliphatic heterocycles. The van der Waals surface area contributed by atoms with Crippen molar-refractivity contribution in [3.05, 3.63) is 33.8 Å². The molecular weight excluding hydrogens is 331 g/mol. The average Bonchev–Trinajstić information content (AvgIpc) is 2.29. The van der Waals surface area contributed by atoms with E-state index in [-0.39, 0.29) is 12.1 Å². The van der Waals surface area contributed by atoms with Gasteiger partial charge in [-0.2, -0.15) is 0 Å². The number of halogens is 4. The number of aliphatic hydroxyl groups excluding tert-OH is 1. The summed E-state index contributed by atoms with van der Waals surface area (Å²) < 4.78 is 37.6. The summed E-state index contributed by atoms with van der Waals surface area (Å²) in [6, 6.07) is 2.02. The minimum Gasteiger partial charge on any atom is -0.478 e. The topological polar surface area (TPSA) is 69.6 Å². The maximum Gasteiger partial charge on any atom is 0.335 e. The number of carbonyl (C=O) groups is 1. The second kappa shape index (κ2) is 6.88. The van der Waals surface area contributed by atoms with Crippen molar-refractivity contribution in [1.29, 1.82) is 0 Å². The summed E-state index contributed by atoms with van der Waals surface area (Å²) in [4.78, 5) is 10.7. The van der Waals surface area contributed by atoms with Gasteiger partial charge in [0.2, 0.25) is 6.36 Å². The fourth-order valence-electron chi connectivity index (χ4n) is 1.36. The van der Waals surface area contributed by atoms with E-state index in [1.54, 1.807) is 0 Å². The first kappa shape index (κ1) is 15.9. The Morgan fingerprint density at radius 1 is 1.37 bits per heavy atom. The number of aliphatic hydroxyl groups is 1. The summed E-state index contributed by atoms with van der Waals surface area (Å²) >= 11 is 3.09. The number of benzene rings is 1. The Kier molecular flexibility index (Phi) is 5.77. The third-order valence-corrected chi connectivity index (χ3v) is 3.13. The van der Waals surface area contributed by atoms with Crippen molar-refractivity contribution in [3.63, 3.8) is 0 Å². The molecule has 0 radical (unpaired) electrons. The molecule has 4 nitrogen and oxygen atoms in total. The van der Waals surface area contributed by atoms with Crippen LogP contribution in [0.4, 0.5) is 13.2 Å². The van der Waals surface area contributed by atoms with Gasteiger partial charge in [-0.05, 0) is 17.7 Å². The number of alkyl halides is 3. The minimum atomic E-state index is -3.06. The molecule has 0 bridgehead atoms. The number of carboxylic acid groups (broad SMARTS) is 1. The molecular formula is C11H11BrF3NO3. The largest absolute Gasteiger partial charge is 0.478 e. The molecule has 0 saturated heterocycles. The van der Waals surface area contributed by atoms with Crippen molar-refractivity contribution in [2.75, 3.05) is 0 Å². The predicted octanol–water partition coefficient (Wildman–Crippen LogP) is 2.16. The molecule has 0 aromatic heterocycles. The van der Waals surface area contributed by atoms with Gasteiger partial charge in [-0.3, -0.25) is 0 Å². The highest BCUT2D eigenvalue weighted by Crippen LogP contribution is 2.19. The summed E-state index contributed by atoms with van der Waals surface area (Å²) in [6.45, 7) is -0.142. The SMILES string of the molecule is O=C(O)c1ccc(CNC(C(O)F)C(F)F)c(Br)c1. The van der Waals surface area contributed by atoms with Crippen molar-refractivity contribution in [3.8, 4) is 0 Å². The monoisotopic (exact) mass is 341 g/mol. The Labute approximate surface area is 115 Å². The van der Waals surface area contributed by atoms with Gasteiger partial charge < -0.3 is 15.5 Å². The first-order valence-electron chi connectivity index (χ1n) is 5.18. The number of rotatable bonds is 6. The van der Waals surface area contributed by atoms with Crippen LogP contribution in [0.5, 0.6) is 0 Å². The molecule has 0 saturated carbocycles. The van der Waals surface area contributed by atoms with Crippen molar-refractivity contribution < 1.29 is 28.2 Å². The summed E-state index contributed by atoms with van der Waals surface area (Å²) in [5.74, 6) is -1.12. The second-order valence-corrected chi connectivity index (χ2v) is 4.58. The molecule has 2 unspecified atom stereocenters. The van der Waals surface area contributed by atoms with Crippen LogP contribution in [0.25, 0.3) is 0 Å². The molecule has 8 heteroatoms. The van der Waals surface area contributed by atoms with Crippen molar-refractivity contribution in [2.24, 2.45) is 0 Å². The lowest BCUT2D eigenvalue weighted by molar-refractivity contribution is -0.0514. The molecule has 0 aliphatic carbocycles. The molecule has 1 aromatic rings. The van der Waals surface area contributed by atoms with Crippen molar-refractivity contribution >= 4 is 21.9 Å². The highest BCUT2D eigenvalue weighted by atomic mass is 79.9. The van der Waals surface area contributed by atoms with E-state index >= 15 is 0 Å². The van der Waals surface area contributed by atoms with Gasteiger partial charge in [0.05, 0.1) is 5.56 Å². The molecule has 0 amide bonds. The number of hydrogen-bond donors (Lipinski definition) is 3. The van der Waals surface area contributed by atoms with Gasteiger partial charge in [0.15, 0.2) is 0 Å². The number of nitrogens with one attached hydrogen (secondary N) is 1. The molecule has 0 spiro atoms. The Balaban J connectivity index is 2.75. The van der Waals surface area contributed by atoms with E-state index in [1.165, 1.54) is 18.2 Å². The lowest BCUT2D eigenvalue weighted by atomic mass is 10.1. The van der Waals surface area contributed by atoms with Gasteiger partial charge in [0.1, 0.15) is 6.04 Å². The highest BCUT2D eigenvalue weighted by molar-refractivity contribution is 9.10. The van der Waals surface area contributed by atoms with Crippen LogP contribution >= 0.6 is 15.9 Å². The maximum atomic E-state index is 12.5. The van der Waals surface area contributed by atoms with Crippen molar-refractivity contribution in [2.45, 2.75) is 25.4 Å². The molecule has 19 heavy (non-hydrogen) atoms. The lowest BCUT2D eigenvalue weighted by Crippen LogP contribution is -2.43. The van der Waals surface area contributed by atoms with Crippen LogP contribution in [0.3, 0.4) is 0 Å². The second-order valence-electron chi connectivity index (χ2n) is 3.73. The zero-order chi connectivity index (χ0) is 14.6. The first-order valence-corrected chi connectivity index (χ1v) is 5.97. The van der Waals surface area contributed by atoms with E-state index in [1.807, 2.05) is 0 Å². The zero-order valence-corrected chi connectivity index (χ0v) is 11.1. The quantitative estimate of drug-likeness (QED) is 0.741. The average molecular weight is 342 g/mol. The Bertz CT molecular complexity index is 449. The van der Waals surface area contributed by atoms with E-state index in [0.717, 1.165) is 0 Å². The Morgan fingerprint density at radius 3 is 2.42 bits per heavy atom. The van der Waals surface area contributed by atoms with Crippen LogP contribution in [-0.4, -0.2) is 35.0 Å². The first-order chi connectivity index (χ1) is 8.82. The Morgan fingerprint density at radius 2 is 2.00 bits per heavy atom. The highest BCUT2D eigenvalue weighted by Gasteiger charge is 2.27. The van der Waals surface area contributed by atoms with E-state index in [2.05, 4.69) is 21.2 Å². The summed E-state index contributed by atoms with van der Waals surface area (Å²) in [5.41, 5.74) is 0.503. The minimum absolute atomic E-state index is 0.0339. The zero-order valence-electron chi connectivity index (χ0n) is 9.49. The molecule has 0 fully saturated rings. The molecule has 106 valence electrons. The van der Waals surface area contributed by atoms with Crippen LogP contribution in [-0.2, 0) is 6.54 Å². The smallest absolute Gasteiger partial charge is 0.335 e. The standard InChI is InChI=1S/C11H11BrF3NO3/c12-7-3-5(11(18)19)1-2-6(7)4-16-8(9(13)14)10(15)17/h1-3,8-10,16-17H,4H2,(H,18,19). The van der Waals surface area contributed by atoms with Gasteiger partial charge in [0, 0.05) is 11.0 Å². The molecule has 0 aliphatic rings. The van der Waals surface area contributed by atoms with Gasteiger partial charge in [-0.15, -0.1) is 0 Å². The van der Waals surface area contributed by atoms with E-state index in [9.17, 15) is 18.0 Å². The van der Waals surface area contributed by atoms with E-state index in [4.69, 9.17) is 10.2 Å². The van der Waals surface area contributed by atoms with E-state index < -0.39 is 24.8 Å². The van der Waals surface area contributed by atoms with Crippen LogP contribution in [0.1, 0.15) is 15.9 Å². The number of aromatic carboxylic acids is 1. The van der Waals surface area contributed by atoms with Crippen LogP contribution in [0.2, 0.25) is 0 Å². The fraction of sp³-hybridized carbons (Fsp3) is 0.364. The summed E-state index contributed by atoms with van der Waals surface area (Å²) in [6.07, 6.45) is -5.74. The summed E-state index contributed by atoms with van der Waals surface area (Å²) in [7, 11) is 0.